The normalized spacial score (nSPS) is 15.4. The molecule has 2 aromatic carbocycles. The second-order valence-electron chi connectivity index (χ2n) is 6.30. The first-order valence-electron chi connectivity index (χ1n) is 8.72. The van der Waals surface area contributed by atoms with Gasteiger partial charge in [0, 0.05) is 43.3 Å². The third-order valence-electron chi connectivity index (χ3n) is 4.56. The van der Waals surface area contributed by atoms with Crippen LogP contribution in [-0.2, 0) is 11.3 Å². The van der Waals surface area contributed by atoms with Crippen LogP contribution in [0.5, 0.6) is 5.75 Å². The standard InChI is InChI=1S/C21H23BrN2O2/c1-26-19-9-6-17(7-10-19)16-23-12-14-24(15-13-23)21(25)11-8-18-4-2-3-5-20(18)22/h2-11H,12-16H2,1H3/b11-8+. The smallest absolute Gasteiger partial charge is 0.246 e. The summed E-state index contributed by atoms with van der Waals surface area (Å²) in [4.78, 5) is 16.7. The highest BCUT2D eigenvalue weighted by atomic mass is 79.9. The number of halogens is 1. The van der Waals surface area contributed by atoms with Crippen molar-refractivity contribution in [3.05, 3.63) is 70.2 Å². The van der Waals surface area contributed by atoms with E-state index in [0.717, 1.165) is 48.5 Å². The molecule has 3 rings (SSSR count). The van der Waals surface area contributed by atoms with Crippen LogP contribution < -0.4 is 4.74 Å². The number of hydrogen-bond acceptors (Lipinski definition) is 3. The van der Waals surface area contributed by atoms with Gasteiger partial charge in [0.1, 0.15) is 5.75 Å². The Labute approximate surface area is 163 Å². The van der Waals surface area contributed by atoms with Gasteiger partial charge in [0.2, 0.25) is 5.91 Å². The summed E-state index contributed by atoms with van der Waals surface area (Å²) < 4.78 is 6.19. The second-order valence-corrected chi connectivity index (χ2v) is 7.16. The van der Waals surface area contributed by atoms with Gasteiger partial charge < -0.3 is 9.64 Å². The van der Waals surface area contributed by atoms with Crippen molar-refractivity contribution in [3.63, 3.8) is 0 Å². The van der Waals surface area contributed by atoms with E-state index in [-0.39, 0.29) is 5.91 Å². The molecule has 0 radical (unpaired) electrons. The quantitative estimate of drug-likeness (QED) is 0.697. The fraction of sp³-hybridized carbons (Fsp3) is 0.286. The molecule has 0 aromatic heterocycles. The monoisotopic (exact) mass is 414 g/mol. The van der Waals surface area contributed by atoms with E-state index in [1.807, 2.05) is 47.4 Å². The molecule has 0 saturated carbocycles. The fourth-order valence-electron chi connectivity index (χ4n) is 2.99. The maximum atomic E-state index is 12.4. The molecule has 1 aliphatic heterocycles. The third kappa shape index (κ3) is 4.96. The van der Waals surface area contributed by atoms with Crippen molar-refractivity contribution in [2.75, 3.05) is 33.3 Å². The Kier molecular flexibility index (Phi) is 6.47. The summed E-state index contributed by atoms with van der Waals surface area (Å²) in [6.45, 7) is 4.20. The molecule has 0 atom stereocenters. The number of ether oxygens (including phenoxy) is 1. The van der Waals surface area contributed by atoms with E-state index in [2.05, 4.69) is 33.0 Å². The second kappa shape index (κ2) is 9.01. The molecule has 136 valence electrons. The summed E-state index contributed by atoms with van der Waals surface area (Å²) in [6.07, 6.45) is 3.54. The van der Waals surface area contributed by atoms with Crippen molar-refractivity contribution >= 4 is 27.9 Å². The van der Waals surface area contributed by atoms with Crippen LogP contribution in [0.15, 0.2) is 59.1 Å². The first-order chi connectivity index (χ1) is 12.7. The maximum absolute atomic E-state index is 12.4. The number of amides is 1. The topological polar surface area (TPSA) is 32.8 Å². The van der Waals surface area contributed by atoms with E-state index in [9.17, 15) is 4.79 Å². The molecule has 5 heteroatoms. The highest BCUT2D eigenvalue weighted by Gasteiger charge is 2.19. The van der Waals surface area contributed by atoms with Gasteiger partial charge in [-0.2, -0.15) is 0 Å². The van der Waals surface area contributed by atoms with Crippen LogP contribution in [0.3, 0.4) is 0 Å². The van der Waals surface area contributed by atoms with Crippen LogP contribution in [-0.4, -0.2) is 49.0 Å². The molecule has 1 saturated heterocycles. The minimum atomic E-state index is 0.0739. The first kappa shape index (κ1) is 18.7. The summed E-state index contributed by atoms with van der Waals surface area (Å²) in [5.74, 6) is 0.950. The number of methoxy groups -OCH3 is 1. The molecule has 0 N–H and O–H groups in total. The van der Waals surface area contributed by atoms with Gasteiger partial charge >= 0.3 is 0 Å². The van der Waals surface area contributed by atoms with E-state index in [4.69, 9.17) is 4.74 Å². The Morgan fingerprint density at radius 1 is 1.08 bits per heavy atom. The van der Waals surface area contributed by atoms with Gasteiger partial charge in [-0.25, -0.2) is 0 Å². The Hall–Kier alpha value is -2.11. The largest absolute Gasteiger partial charge is 0.497 e. The number of benzene rings is 2. The van der Waals surface area contributed by atoms with Crippen LogP contribution in [0, 0.1) is 0 Å². The molecule has 2 aromatic rings. The lowest BCUT2D eigenvalue weighted by Gasteiger charge is -2.34. The van der Waals surface area contributed by atoms with E-state index in [1.165, 1.54) is 5.56 Å². The number of piperazine rings is 1. The molecule has 0 unspecified atom stereocenters. The van der Waals surface area contributed by atoms with Gasteiger partial charge in [0.05, 0.1) is 7.11 Å². The van der Waals surface area contributed by atoms with Gasteiger partial charge in [-0.05, 0) is 35.4 Å². The molecule has 1 aliphatic rings. The van der Waals surface area contributed by atoms with Crippen LogP contribution in [0.2, 0.25) is 0 Å². The SMILES string of the molecule is COc1ccc(CN2CCN(C(=O)/C=C/c3ccccc3Br)CC2)cc1. The summed E-state index contributed by atoms with van der Waals surface area (Å²) in [5.41, 5.74) is 2.28. The summed E-state index contributed by atoms with van der Waals surface area (Å²) in [6, 6.07) is 16.1. The summed E-state index contributed by atoms with van der Waals surface area (Å²) >= 11 is 3.50. The van der Waals surface area contributed by atoms with Gasteiger partial charge in [-0.15, -0.1) is 0 Å². The molecule has 0 spiro atoms. The van der Waals surface area contributed by atoms with Crippen LogP contribution in [0.25, 0.3) is 6.08 Å². The molecular formula is C21H23BrN2O2. The lowest BCUT2D eigenvalue weighted by atomic mass is 10.2. The summed E-state index contributed by atoms with van der Waals surface area (Å²) in [7, 11) is 1.68. The fourth-order valence-corrected chi connectivity index (χ4v) is 3.41. The third-order valence-corrected chi connectivity index (χ3v) is 5.28. The molecule has 0 aliphatic carbocycles. The van der Waals surface area contributed by atoms with Gasteiger partial charge in [-0.1, -0.05) is 46.3 Å². The molecule has 26 heavy (non-hydrogen) atoms. The molecule has 0 bridgehead atoms. The van der Waals surface area contributed by atoms with Gasteiger partial charge in [0.25, 0.3) is 0 Å². The highest BCUT2D eigenvalue weighted by Crippen LogP contribution is 2.18. The van der Waals surface area contributed by atoms with E-state index >= 15 is 0 Å². The average molecular weight is 415 g/mol. The van der Waals surface area contributed by atoms with Gasteiger partial charge in [0.15, 0.2) is 0 Å². The van der Waals surface area contributed by atoms with E-state index < -0.39 is 0 Å². The Balaban J connectivity index is 1.49. The molecule has 1 fully saturated rings. The maximum Gasteiger partial charge on any atom is 0.246 e. The highest BCUT2D eigenvalue weighted by molar-refractivity contribution is 9.10. The number of rotatable bonds is 5. The molecule has 1 heterocycles. The van der Waals surface area contributed by atoms with Crippen LogP contribution >= 0.6 is 15.9 Å². The Morgan fingerprint density at radius 3 is 2.42 bits per heavy atom. The Morgan fingerprint density at radius 2 is 1.77 bits per heavy atom. The number of carbonyl (C=O) groups excluding carboxylic acids is 1. The van der Waals surface area contributed by atoms with Gasteiger partial charge in [-0.3, -0.25) is 9.69 Å². The zero-order valence-corrected chi connectivity index (χ0v) is 16.5. The van der Waals surface area contributed by atoms with Crippen molar-refractivity contribution in [2.24, 2.45) is 0 Å². The number of hydrogen-bond donors (Lipinski definition) is 0. The first-order valence-corrected chi connectivity index (χ1v) is 9.52. The van der Waals surface area contributed by atoms with Crippen molar-refractivity contribution < 1.29 is 9.53 Å². The predicted molar refractivity (Wildman–Crippen MR) is 108 cm³/mol. The van der Waals surface area contributed by atoms with Crippen molar-refractivity contribution in [1.29, 1.82) is 0 Å². The number of nitrogens with zero attached hydrogens (tertiary/aromatic N) is 2. The van der Waals surface area contributed by atoms with Crippen LogP contribution in [0.4, 0.5) is 0 Å². The van der Waals surface area contributed by atoms with E-state index in [1.54, 1.807) is 13.2 Å². The minimum Gasteiger partial charge on any atom is -0.497 e. The van der Waals surface area contributed by atoms with Crippen molar-refractivity contribution in [2.45, 2.75) is 6.54 Å². The number of carbonyl (C=O) groups is 1. The lowest BCUT2D eigenvalue weighted by Crippen LogP contribution is -2.47. The lowest BCUT2D eigenvalue weighted by molar-refractivity contribution is -0.127. The minimum absolute atomic E-state index is 0.0739. The zero-order valence-electron chi connectivity index (χ0n) is 14.9. The average Bonchev–Trinajstić information content (AvgIpc) is 2.68. The predicted octanol–water partition coefficient (Wildman–Crippen LogP) is 3.82. The Bertz CT molecular complexity index is 766. The van der Waals surface area contributed by atoms with Crippen molar-refractivity contribution in [3.8, 4) is 5.75 Å². The molecule has 1 amide bonds. The van der Waals surface area contributed by atoms with Crippen molar-refractivity contribution in [1.82, 2.24) is 9.80 Å². The molecular weight excluding hydrogens is 392 g/mol. The molecule has 4 nitrogen and oxygen atoms in total. The summed E-state index contributed by atoms with van der Waals surface area (Å²) in [5, 5.41) is 0. The zero-order chi connectivity index (χ0) is 18.4. The van der Waals surface area contributed by atoms with E-state index in [0.29, 0.717) is 0 Å². The van der Waals surface area contributed by atoms with Crippen LogP contribution in [0.1, 0.15) is 11.1 Å².